The molecule has 1 amide bonds. The smallest absolute Gasteiger partial charge is 0.247 e. The van der Waals surface area contributed by atoms with Crippen molar-refractivity contribution in [3.8, 4) is 5.75 Å². The van der Waals surface area contributed by atoms with Crippen LogP contribution in [-0.2, 0) is 9.63 Å². The van der Waals surface area contributed by atoms with Crippen molar-refractivity contribution in [2.45, 2.75) is 50.2 Å². The van der Waals surface area contributed by atoms with Crippen LogP contribution in [0.5, 0.6) is 5.75 Å². The van der Waals surface area contributed by atoms with Crippen molar-refractivity contribution in [1.82, 2.24) is 19.8 Å². The third kappa shape index (κ3) is 7.21. The van der Waals surface area contributed by atoms with Gasteiger partial charge < -0.3 is 20.3 Å². The van der Waals surface area contributed by atoms with Gasteiger partial charge in [-0.1, -0.05) is 35.8 Å². The third-order valence-corrected chi connectivity index (χ3v) is 10.6. The first kappa shape index (κ1) is 32.9. The lowest BCUT2D eigenvalue weighted by atomic mass is 10.0. The highest BCUT2D eigenvalue weighted by Gasteiger charge is 2.34. The summed E-state index contributed by atoms with van der Waals surface area (Å²) in [6.07, 6.45) is 8.43. The quantitative estimate of drug-likeness (QED) is 0.236. The van der Waals surface area contributed by atoms with Crippen molar-refractivity contribution in [1.29, 1.82) is 0 Å². The summed E-state index contributed by atoms with van der Waals surface area (Å²) in [5.74, 6) is 1.48. The normalized spacial score (nSPS) is 20.9. The number of hydroxylamine groups is 1. The molecule has 11 nitrogen and oxygen atoms in total. The van der Waals surface area contributed by atoms with E-state index < -0.39 is 0 Å². The van der Waals surface area contributed by atoms with Crippen LogP contribution in [-0.4, -0.2) is 90.7 Å². The molecule has 2 N–H and O–H groups in total. The molecule has 2 aromatic carbocycles. The molecule has 7 rings (SSSR count). The number of halogens is 2. The largest absolute Gasteiger partial charge is 0.494 e. The molecule has 254 valence electrons. The molecule has 4 heterocycles. The third-order valence-electron chi connectivity index (χ3n) is 9.87. The lowest BCUT2D eigenvalue weighted by Gasteiger charge is -2.43. The van der Waals surface area contributed by atoms with Gasteiger partial charge in [0.2, 0.25) is 5.91 Å². The fraction of sp³-hybridized carbons (Fsp3) is 0.457. The summed E-state index contributed by atoms with van der Waals surface area (Å²) in [7, 11) is 1.64. The number of carbonyl (C=O) groups excluding carboxylic acids is 1. The number of anilines is 5. The zero-order chi connectivity index (χ0) is 33.2. The molecule has 48 heavy (non-hydrogen) atoms. The molecular weight excluding hydrogens is 651 g/mol. The predicted octanol–water partition coefficient (Wildman–Crippen LogP) is 6.29. The molecule has 1 atom stereocenters. The number of benzene rings is 2. The zero-order valence-corrected chi connectivity index (χ0v) is 28.7. The van der Waals surface area contributed by atoms with Crippen LogP contribution in [0.25, 0.3) is 0 Å². The number of nitrogens with one attached hydrogen (secondary N) is 2. The van der Waals surface area contributed by atoms with Crippen LogP contribution >= 0.6 is 23.2 Å². The van der Waals surface area contributed by atoms with E-state index in [1.54, 1.807) is 18.2 Å². The van der Waals surface area contributed by atoms with Crippen molar-refractivity contribution in [2.24, 2.45) is 0 Å². The molecule has 3 aromatic rings. The van der Waals surface area contributed by atoms with Gasteiger partial charge in [0.15, 0.2) is 5.82 Å². The van der Waals surface area contributed by atoms with Crippen LogP contribution in [0.15, 0.2) is 55.4 Å². The Morgan fingerprint density at radius 3 is 2.31 bits per heavy atom. The molecule has 1 aromatic heterocycles. The van der Waals surface area contributed by atoms with Crippen molar-refractivity contribution >= 4 is 57.8 Å². The molecule has 0 bridgehead atoms. The van der Waals surface area contributed by atoms with E-state index in [-0.39, 0.29) is 11.9 Å². The van der Waals surface area contributed by atoms with E-state index in [1.165, 1.54) is 38.3 Å². The molecule has 0 radical (unpaired) electrons. The van der Waals surface area contributed by atoms with Gasteiger partial charge in [0.1, 0.15) is 17.9 Å². The molecule has 4 aliphatic rings. The van der Waals surface area contributed by atoms with Crippen LogP contribution < -0.4 is 25.3 Å². The van der Waals surface area contributed by atoms with Crippen LogP contribution in [0.4, 0.5) is 28.7 Å². The molecule has 3 saturated heterocycles. The van der Waals surface area contributed by atoms with Crippen molar-refractivity contribution in [3.05, 3.63) is 71.0 Å². The number of piperazine rings is 1. The maximum atomic E-state index is 12.6. The van der Waals surface area contributed by atoms with Gasteiger partial charge in [0.25, 0.3) is 0 Å². The number of hydrogen-bond acceptors (Lipinski definition) is 10. The molecule has 4 fully saturated rings. The molecule has 1 aliphatic carbocycles. The van der Waals surface area contributed by atoms with Gasteiger partial charge >= 0.3 is 0 Å². The number of carbonyl (C=O) groups is 1. The summed E-state index contributed by atoms with van der Waals surface area (Å²) in [4.78, 5) is 35.2. The summed E-state index contributed by atoms with van der Waals surface area (Å²) in [5.41, 5.74) is 3.23. The Labute approximate surface area is 291 Å². The Balaban J connectivity index is 1.08. The van der Waals surface area contributed by atoms with Crippen LogP contribution in [0.1, 0.15) is 43.7 Å². The average Bonchev–Trinajstić information content (AvgIpc) is 3.85. The molecule has 3 aliphatic heterocycles. The van der Waals surface area contributed by atoms with Crippen molar-refractivity contribution in [2.75, 3.05) is 73.6 Å². The van der Waals surface area contributed by atoms with Crippen LogP contribution in [0.3, 0.4) is 0 Å². The second-order valence-electron chi connectivity index (χ2n) is 12.8. The second-order valence-corrected chi connectivity index (χ2v) is 13.6. The van der Waals surface area contributed by atoms with Gasteiger partial charge in [-0.05, 0) is 55.5 Å². The SMILES string of the molecule is C=CC(=O)Nc1cc(Nc2cc(N3OCCC3c3ccc(Cl)c(Cl)c3)ncn2)c(OC)cc1N1CCC(N2CCN(C3CC3)CC2)CC1. The minimum atomic E-state index is -0.278. The Hall–Kier alpha value is -3.61. The van der Waals surface area contributed by atoms with Gasteiger partial charge in [-0.3, -0.25) is 19.4 Å². The number of ether oxygens (including phenoxy) is 1. The number of nitrogens with zero attached hydrogens (tertiary/aromatic N) is 6. The average molecular weight is 694 g/mol. The monoisotopic (exact) mass is 692 g/mol. The number of hydrogen-bond donors (Lipinski definition) is 2. The number of amides is 1. The van der Waals surface area contributed by atoms with Crippen LogP contribution in [0, 0.1) is 0 Å². The fourth-order valence-corrected chi connectivity index (χ4v) is 7.46. The summed E-state index contributed by atoms with van der Waals surface area (Å²) in [6, 6.07) is 12.6. The predicted molar refractivity (Wildman–Crippen MR) is 191 cm³/mol. The topological polar surface area (TPSA) is 98.3 Å². The first-order chi connectivity index (χ1) is 23.4. The highest BCUT2D eigenvalue weighted by atomic mass is 35.5. The zero-order valence-electron chi connectivity index (χ0n) is 27.2. The fourth-order valence-electron chi connectivity index (χ4n) is 7.15. The number of aromatic nitrogens is 2. The van der Waals surface area contributed by atoms with E-state index in [0.717, 1.165) is 62.7 Å². The Morgan fingerprint density at radius 2 is 1.65 bits per heavy atom. The summed E-state index contributed by atoms with van der Waals surface area (Å²) < 4.78 is 5.88. The van der Waals surface area contributed by atoms with E-state index >= 15 is 0 Å². The Morgan fingerprint density at radius 1 is 0.917 bits per heavy atom. The second kappa shape index (κ2) is 14.5. The lowest BCUT2D eigenvalue weighted by molar-refractivity contribution is -0.111. The minimum Gasteiger partial charge on any atom is -0.494 e. The standard InChI is InChI=1S/C35H42Cl2N8O3/c1-3-35(46)41-28-19-29(40-33-21-34(39-22-38-33)45-30(10-17-48-45)23-4-7-26(36)27(37)18-23)32(47-2)20-31(28)44-11-8-25(9-12-44)43-15-13-42(14-16-43)24-5-6-24/h3-4,7,18-22,24-25,30H,1,5-6,8-17H2,2H3,(H,41,46)(H,38,39,40). The summed E-state index contributed by atoms with van der Waals surface area (Å²) >= 11 is 12.5. The van der Waals surface area contributed by atoms with Gasteiger partial charge in [-0.15, -0.1) is 0 Å². The number of rotatable bonds is 10. The Bertz CT molecular complexity index is 1640. The molecule has 13 heteroatoms. The Kier molecular flexibility index (Phi) is 9.93. The molecular formula is C35H42Cl2N8O3. The van der Waals surface area contributed by atoms with E-state index in [4.69, 9.17) is 32.8 Å². The summed E-state index contributed by atoms with van der Waals surface area (Å²) in [6.45, 7) is 10.7. The van der Waals surface area contributed by atoms with Gasteiger partial charge in [-0.25, -0.2) is 15.0 Å². The number of piperidine rings is 1. The van der Waals surface area contributed by atoms with Gasteiger partial charge in [0.05, 0.1) is 46.9 Å². The lowest BCUT2D eigenvalue weighted by Crippen LogP contribution is -2.53. The van der Waals surface area contributed by atoms with E-state index in [9.17, 15) is 4.79 Å². The first-order valence-corrected chi connectivity index (χ1v) is 17.5. The van der Waals surface area contributed by atoms with Crippen molar-refractivity contribution in [3.63, 3.8) is 0 Å². The molecule has 1 unspecified atom stereocenters. The molecule has 0 spiro atoms. The van der Waals surface area contributed by atoms with E-state index in [1.807, 2.05) is 30.3 Å². The molecule has 1 saturated carbocycles. The summed E-state index contributed by atoms with van der Waals surface area (Å²) in [5, 5.41) is 9.19. The van der Waals surface area contributed by atoms with Crippen LogP contribution in [0.2, 0.25) is 10.0 Å². The van der Waals surface area contributed by atoms with E-state index in [2.05, 4.69) is 41.9 Å². The van der Waals surface area contributed by atoms with Crippen molar-refractivity contribution < 1.29 is 14.4 Å². The highest BCUT2D eigenvalue weighted by molar-refractivity contribution is 6.42. The maximum Gasteiger partial charge on any atom is 0.247 e. The first-order valence-electron chi connectivity index (χ1n) is 16.7. The van der Waals surface area contributed by atoms with Gasteiger partial charge in [0, 0.05) is 69.9 Å². The number of methoxy groups -OCH3 is 1. The minimum absolute atomic E-state index is 0.0893. The maximum absolute atomic E-state index is 12.6. The van der Waals surface area contributed by atoms with Gasteiger partial charge in [-0.2, -0.15) is 0 Å². The van der Waals surface area contributed by atoms with E-state index in [0.29, 0.717) is 51.5 Å². The highest BCUT2D eigenvalue weighted by Crippen LogP contribution is 2.41.